The Hall–Kier alpha value is -5.38. The number of hydrogen-bond donors (Lipinski definition) is 0. The van der Waals surface area contributed by atoms with Crippen LogP contribution in [0.15, 0.2) is 176 Å². The summed E-state index contributed by atoms with van der Waals surface area (Å²) in [5, 5.41) is 9.79. The standard InChI is InChI=1S/C45H29N2PS2/c49-48(33-13-2-1-3-14-33,35-15-10-12-31(27-35)41-26-21-30-11-4-7-18-40(30)46-41)34-24-22-32(23-25-34)47-42-19-8-5-16-36(42)38-29-45-39(28-43(38)47)37-17-6-9-20-44(37)50-45/h1-29H. The van der Waals surface area contributed by atoms with Gasteiger partial charge in [0, 0.05) is 53.6 Å². The topological polar surface area (TPSA) is 17.8 Å². The molecular formula is C45H29N2PS2. The Kier molecular flexibility index (Phi) is 6.86. The molecule has 3 heterocycles. The average molecular weight is 693 g/mol. The maximum atomic E-state index is 6.86. The van der Waals surface area contributed by atoms with E-state index < -0.39 is 6.04 Å². The van der Waals surface area contributed by atoms with Gasteiger partial charge in [-0.25, -0.2) is 4.98 Å². The van der Waals surface area contributed by atoms with E-state index >= 15 is 0 Å². The third-order valence-electron chi connectivity index (χ3n) is 9.87. The molecule has 0 aliphatic rings. The Bertz CT molecular complexity index is 2960. The molecular weight excluding hydrogens is 664 g/mol. The Morgan fingerprint density at radius 3 is 2.08 bits per heavy atom. The Morgan fingerprint density at radius 1 is 0.480 bits per heavy atom. The first kappa shape index (κ1) is 29.5. The van der Waals surface area contributed by atoms with Gasteiger partial charge in [-0.1, -0.05) is 133 Å². The van der Waals surface area contributed by atoms with E-state index in [4.69, 9.17) is 16.8 Å². The van der Waals surface area contributed by atoms with Crippen LogP contribution >= 0.6 is 17.4 Å². The summed E-state index contributed by atoms with van der Waals surface area (Å²) in [6, 6.07) is 60.8. The average Bonchev–Trinajstić information content (AvgIpc) is 3.71. The van der Waals surface area contributed by atoms with Gasteiger partial charge in [-0.3, -0.25) is 0 Å². The van der Waals surface area contributed by atoms with Crippen molar-refractivity contribution in [2.45, 2.75) is 0 Å². The number of fused-ring (bicyclic) bond motifs is 7. The van der Waals surface area contributed by atoms with Crippen LogP contribution in [-0.4, -0.2) is 9.55 Å². The highest BCUT2D eigenvalue weighted by Gasteiger charge is 2.26. The molecule has 0 amide bonds. The van der Waals surface area contributed by atoms with Crippen molar-refractivity contribution < 1.29 is 0 Å². The van der Waals surface area contributed by atoms with Gasteiger partial charge in [-0.05, 0) is 70.5 Å². The number of benzene rings is 7. The number of nitrogens with zero attached hydrogens (tertiary/aromatic N) is 2. The first-order valence-corrected chi connectivity index (χ1v) is 20.3. The van der Waals surface area contributed by atoms with Gasteiger partial charge in [0.2, 0.25) is 0 Å². The molecule has 1 unspecified atom stereocenters. The molecule has 2 nitrogen and oxygen atoms in total. The Morgan fingerprint density at radius 2 is 1.20 bits per heavy atom. The van der Waals surface area contributed by atoms with Crippen LogP contribution in [0.2, 0.25) is 0 Å². The van der Waals surface area contributed by atoms with E-state index in [1.165, 1.54) is 47.3 Å². The molecule has 0 bridgehead atoms. The fraction of sp³-hybridized carbons (Fsp3) is 0. The first-order valence-electron chi connectivity index (χ1n) is 16.7. The fourth-order valence-electron chi connectivity index (χ4n) is 7.45. The zero-order chi connectivity index (χ0) is 33.2. The smallest absolute Gasteiger partial charge is 0.0709 e. The second-order valence-corrected chi connectivity index (χ2v) is 18.2. The summed E-state index contributed by atoms with van der Waals surface area (Å²) in [6.07, 6.45) is 0. The number of rotatable bonds is 5. The van der Waals surface area contributed by atoms with Crippen LogP contribution in [0.3, 0.4) is 0 Å². The monoisotopic (exact) mass is 692 g/mol. The van der Waals surface area contributed by atoms with E-state index in [-0.39, 0.29) is 0 Å². The third-order valence-corrected chi connectivity index (χ3v) is 16.0. The number of thiophene rings is 1. The molecule has 1 atom stereocenters. The molecule has 5 heteroatoms. The van der Waals surface area contributed by atoms with Gasteiger partial charge in [0.1, 0.15) is 0 Å². The second-order valence-electron chi connectivity index (χ2n) is 12.7. The molecule has 0 aliphatic carbocycles. The minimum atomic E-state index is -2.42. The van der Waals surface area contributed by atoms with Crippen molar-refractivity contribution in [2.75, 3.05) is 0 Å². The van der Waals surface area contributed by atoms with Gasteiger partial charge in [-0.2, -0.15) is 0 Å². The first-order chi connectivity index (χ1) is 24.6. The van der Waals surface area contributed by atoms with Crippen molar-refractivity contribution in [1.82, 2.24) is 9.55 Å². The van der Waals surface area contributed by atoms with Crippen LogP contribution < -0.4 is 15.9 Å². The molecule has 10 aromatic rings. The molecule has 0 N–H and O–H groups in total. The lowest BCUT2D eigenvalue weighted by molar-refractivity contribution is 1.18. The summed E-state index contributed by atoms with van der Waals surface area (Å²) in [6.45, 7) is 0. The van der Waals surface area contributed by atoms with Crippen molar-refractivity contribution in [3.63, 3.8) is 0 Å². The van der Waals surface area contributed by atoms with E-state index in [2.05, 4.69) is 174 Å². The van der Waals surface area contributed by atoms with E-state index in [0.29, 0.717) is 0 Å². The molecule has 3 aromatic heterocycles. The maximum absolute atomic E-state index is 6.86. The van der Waals surface area contributed by atoms with E-state index in [1.807, 2.05) is 17.4 Å². The number of pyridine rings is 1. The predicted molar refractivity (Wildman–Crippen MR) is 220 cm³/mol. The van der Waals surface area contributed by atoms with Gasteiger partial charge in [-0.15, -0.1) is 11.3 Å². The SMILES string of the molecule is S=P(c1ccccc1)(c1ccc(-n2c3ccccc3c3cc4sc5ccccc5c4cc32)cc1)c1cccc(-c2ccc3ccccc3n2)c1. The summed E-state index contributed by atoms with van der Waals surface area (Å²) < 4.78 is 5.06. The number of aromatic nitrogens is 2. The Balaban J connectivity index is 1.13. The predicted octanol–water partition coefficient (Wildman–Crippen LogP) is 11.1. The molecule has 0 radical (unpaired) electrons. The summed E-state index contributed by atoms with van der Waals surface area (Å²) in [7, 11) is 0. The number of para-hydroxylation sites is 2. The molecule has 0 saturated heterocycles. The van der Waals surface area contributed by atoms with Gasteiger partial charge >= 0.3 is 0 Å². The molecule has 50 heavy (non-hydrogen) atoms. The van der Waals surface area contributed by atoms with Crippen molar-refractivity contribution in [3.8, 4) is 16.9 Å². The lowest BCUT2D eigenvalue weighted by Crippen LogP contribution is -2.25. The van der Waals surface area contributed by atoms with Crippen LogP contribution in [0, 0.1) is 0 Å². The minimum Gasteiger partial charge on any atom is -0.309 e. The fourth-order valence-corrected chi connectivity index (χ4v) is 12.3. The molecule has 0 spiro atoms. The van der Waals surface area contributed by atoms with Crippen molar-refractivity contribution in [3.05, 3.63) is 176 Å². The molecule has 10 rings (SSSR count). The van der Waals surface area contributed by atoms with Crippen LogP contribution in [-0.2, 0) is 11.8 Å². The van der Waals surface area contributed by atoms with Crippen molar-refractivity contribution in [1.29, 1.82) is 0 Å². The quantitative estimate of drug-likeness (QED) is 0.167. The van der Waals surface area contributed by atoms with Gasteiger partial charge in [0.05, 0.1) is 22.2 Å². The highest BCUT2D eigenvalue weighted by molar-refractivity contribution is 8.25. The molecule has 7 aromatic carbocycles. The zero-order valence-electron chi connectivity index (χ0n) is 26.9. The lowest BCUT2D eigenvalue weighted by atomic mass is 10.1. The van der Waals surface area contributed by atoms with Gasteiger partial charge < -0.3 is 4.57 Å². The van der Waals surface area contributed by atoms with E-state index in [1.54, 1.807) is 0 Å². The van der Waals surface area contributed by atoms with Gasteiger partial charge in [0.25, 0.3) is 0 Å². The molecule has 0 saturated carbocycles. The molecule has 0 aliphatic heterocycles. The zero-order valence-corrected chi connectivity index (χ0v) is 29.4. The van der Waals surface area contributed by atoms with Gasteiger partial charge in [0.15, 0.2) is 0 Å². The molecule has 0 fully saturated rings. The van der Waals surface area contributed by atoms with E-state index in [0.717, 1.165) is 38.5 Å². The summed E-state index contributed by atoms with van der Waals surface area (Å²) in [5.74, 6) is 0. The van der Waals surface area contributed by atoms with Crippen LogP contribution in [0.1, 0.15) is 0 Å². The van der Waals surface area contributed by atoms with E-state index in [9.17, 15) is 0 Å². The Labute approximate surface area is 298 Å². The third kappa shape index (κ3) is 4.60. The van der Waals surface area contributed by atoms with Crippen molar-refractivity contribution >= 4 is 98.0 Å². The minimum absolute atomic E-state index is 0.953. The summed E-state index contributed by atoms with van der Waals surface area (Å²) in [4.78, 5) is 5.01. The van der Waals surface area contributed by atoms with Crippen LogP contribution in [0.4, 0.5) is 0 Å². The summed E-state index contributed by atoms with van der Waals surface area (Å²) in [5.41, 5.74) is 6.57. The highest BCUT2D eigenvalue weighted by atomic mass is 32.4. The normalized spacial score (nSPS) is 13.0. The highest BCUT2D eigenvalue weighted by Crippen LogP contribution is 2.45. The van der Waals surface area contributed by atoms with Crippen LogP contribution in [0.25, 0.3) is 69.8 Å². The molecule has 236 valence electrons. The maximum Gasteiger partial charge on any atom is 0.0709 e. The van der Waals surface area contributed by atoms with Crippen molar-refractivity contribution in [2.24, 2.45) is 0 Å². The summed E-state index contributed by atoms with van der Waals surface area (Å²) >= 11 is 8.73. The second kappa shape index (κ2) is 11.6. The van der Waals surface area contributed by atoms with Crippen LogP contribution in [0.5, 0.6) is 0 Å². The number of hydrogen-bond acceptors (Lipinski definition) is 3. The largest absolute Gasteiger partial charge is 0.309 e. The lowest BCUT2D eigenvalue weighted by Gasteiger charge is -2.25.